The summed E-state index contributed by atoms with van der Waals surface area (Å²) in [6.07, 6.45) is 1.60. The van der Waals surface area contributed by atoms with E-state index in [1.54, 1.807) is 32.0 Å². The number of carbonyl (C=O) groups is 1. The highest BCUT2D eigenvalue weighted by molar-refractivity contribution is 9.10. The van der Waals surface area contributed by atoms with Crippen LogP contribution in [-0.2, 0) is 14.6 Å². The lowest BCUT2D eigenvalue weighted by Crippen LogP contribution is -2.40. The average molecular weight is 390 g/mol. The fourth-order valence-corrected chi connectivity index (χ4v) is 3.94. The lowest BCUT2D eigenvalue weighted by Gasteiger charge is -2.31. The monoisotopic (exact) mass is 389 g/mol. The largest absolute Gasteiger partial charge is 0.489 e. The zero-order valence-electron chi connectivity index (χ0n) is 12.7. The molecule has 1 heterocycles. The Kier molecular flexibility index (Phi) is 5.50. The van der Waals surface area contributed by atoms with Gasteiger partial charge >= 0.3 is 0 Å². The standard InChI is InChI=1S/C15H20BrNO4S/c1-3-22(19,20)13-4-5-15(14(16)10-13)21-12-6-8-17(9-7-12)11(2)18/h4-5,10,12H,3,6-9H2,1-2H3. The van der Waals surface area contributed by atoms with Gasteiger partial charge in [-0.05, 0) is 34.1 Å². The van der Waals surface area contributed by atoms with Gasteiger partial charge < -0.3 is 9.64 Å². The molecule has 5 nitrogen and oxygen atoms in total. The Morgan fingerprint density at radius 3 is 2.50 bits per heavy atom. The van der Waals surface area contributed by atoms with Gasteiger partial charge in [0.1, 0.15) is 11.9 Å². The summed E-state index contributed by atoms with van der Waals surface area (Å²) in [6, 6.07) is 4.84. The highest BCUT2D eigenvalue weighted by Gasteiger charge is 2.23. The van der Waals surface area contributed by atoms with Gasteiger partial charge in [-0.25, -0.2) is 8.42 Å². The molecule has 1 amide bonds. The predicted molar refractivity (Wildman–Crippen MR) is 87.8 cm³/mol. The Labute approximate surface area is 139 Å². The van der Waals surface area contributed by atoms with E-state index >= 15 is 0 Å². The fourth-order valence-electron chi connectivity index (χ4n) is 2.41. The van der Waals surface area contributed by atoms with Crippen molar-refractivity contribution < 1.29 is 17.9 Å². The summed E-state index contributed by atoms with van der Waals surface area (Å²) < 4.78 is 30.3. The molecule has 1 aliphatic heterocycles. The van der Waals surface area contributed by atoms with Crippen molar-refractivity contribution in [2.24, 2.45) is 0 Å². The van der Waals surface area contributed by atoms with Crippen LogP contribution in [0, 0.1) is 0 Å². The molecule has 1 fully saturated rings. The molecule has 1 saturated heterocycles. The Morgan fingerprint density at radius 1 is 1.36 bits per heavy atom. The van der Waals surface area contributed by atoms with Gasteiger partial charge in [0.2, 0.25) is 5.91 Å². The third kappa shape index (κ3) is 4.01. The van der Waals surface area contributed by atoms with Crippen molar-refractivity contribution in [3.05, 3.63) is 22.7 Å². The summed E-state index contributed by atoms with van der Waals surface area (Å²) in [5.41, 5.74) is 0. The van der Waals surface area contributed by atoms with Gasteiger partial charge in [0.05, 0.1) is 15.1 Å². The molecule has 2 rings (SSSR count). The van der Waals surface area contributed by atoms with Crippen LogP contribution in [0.4, 0.5) is 0 Å². The first-order valence-corrected chi connectivity index (χ1v) is 9.72. The lowest BCUT2D eigenvalue weighted by atomic mass is 10.1. The van der Waals surface area contributed by atoms with Gasteiger partial charge in [-0.1, -0.05) is 6.92 Å². The van der Waals surface area contributed by atoms with Crippen LogP contribution >= 0.6 is 15.9 Å². The van der Waals surface area contributed by atoms with Gasteiger partial charge in [0.15, 0.2) is 9.84 Å². The van der Waals surface area contributed by atoms with E-state index in [9.17, 15) is 13.2 Å². The number of carbonyl (C=O) groups excluding carboxylic acids is 1. The molecule has 0 radical (unpaired) electrons. The van der Waals surface area contributed by atoms with Crippen LogP contribution in [0.25, 0.3) is 0 Å². The van der Waals surface area contributed by atoms with Crippen LogP contribution < -0.4 is 4.74 Å². The topological polar surface area (TPSA) is 63.7 Å². The molecule has 22 heavy (non-hydrogen) atoms. The van der Waals surface area contributed by atoms with Crippen LogP contribution in [0.15, 0.2) is 27.6 Å². The number of benzene rings is 1. The molecular formula is C15H20BrNO4S. The number of halogens is 1. The van der Waals surface area contributed by atoms with Crippen molar-refractivity contribution in [1.82, 2.24) is 4.90 Å². The maximum atomic E-state index is 11.9. The third-order valence-electron chi connectivity index (χ3n) is 3.82. The van der Waals surface area contributed by atoms with Crippen molar-refractivity contribution in [2.75, 3.05) is 18.8 Å². The van der Waals surface area contributed by atoms with Crippen molar-refractivity contribution in [3.63, 3.8) is 0 Å². The van der Waals surface area contributed by atoms with Gasteiger partial charge in [0, 0.05) is 32.9 Å². The normalized spacial score (nSPS) is 16.6. The van der Waals surface area contributed by atoms with E-state index in [2.05, 4.69) is 15.9 Å². The Bertz CT molecular complexity index is 652. The van der Waals surface area contributed by atoms with Crippen LogP contribution in [0.5, 0.6) is 5.75 Å². The average Bonchev–Trinajstić information content (AvgIpc) is 2.49. The van der Waals surface area contributed by atoms with Gasteiger partial charge in [-0.15, -0.1) is 0 Å². The summed E-state index contributed by atoms with van der Waals surface area (Å²) in [5.74, 6) is 0.799. The molecular weight excluding hydrogens is 370 g/mol. The summed E-state index contributed by atoms with van der Waals surface area (Å²) in [7, 11) is -3.22. The number of likely N-dealkylation sites (tertiary alicyclic amines) is 1. The first kappa shape index (κ1) is 17.3. The minimum Gasteiger partial charge on any atom is -0.489 e. The second kappa shape index (κ2) is 7.00. The first-order chi connectivity index (χ1) is 10.3. The molecule has 1 aliphatic rings. The molecule has 0 N–H and O–H groups in total. The molecule has 0 aromatic heterocycles. The quantitative estimate of drug-likeness (QED) is 0.793. The van der Waals surface area contributed by atoms with Crippen molar-refractivity contribution in [1.29, 1.82) is 0 Å². The van der Waals surface area contributed by atoms with Crippen molar-refractivity contribution in [2.45, 2.75) is 37.7 Å². The minimum absolute atomic E-state index is 0.0422. The molecule has 0 bridgehead atoms. The third-order valence-corrected chi connectivity index (χ3v) is 6.18. The maximum Gasteiger partial charge on any atom is 0.219 e. The van der Waals surface area contributed by atoms with Crippen molar-refractivity contribution >= 4 is 31.7 Å². The Hall–Kier alpha value is -1.08. The molecule has 0 aliphatic carbocycles. The number of sulfone groups is 1. The van der Waals surface area contributed by atoms with Crippen molar-refractivity contribution in [3.8, 4) is 5.75 Å². The van der Waals surface area contributed by atoms with Gasteiger partial charge in [-0.3, -0.25) is 4.79 Å². The molecule has 0 atom stereocenters. The summed E-state index contributed by atoms with van der Waals surface area (Å²) in [4.78, 5) is 13.4. The number of rotatable bonds is 4. The Balaban J connectivity index is 2.04. The number of hydrogen-bond donors (Lipinski definition) is 0. The molecule has 1 aromatic carbocycles. The van der Waals surface area contributed by atoms with E-state index in [4.69, 9.17) is 4.74 Å². The number of amides is 1. The smallest absolute Gasteiger partial charge is 0.219 e. The van der Waals surface area contributed by atoms with Crippen LogP contribution in [-0.4, -0.2) is 44.2 Å². The Morgan fingerprint density at radius 2 is 2.00 bits per heavy atom. The van der Waals surface area contributed by atoms with Crippen LogP contribution in [0.3, 0.4) is 0 Å². The predicted octanol–water partition coefficient (Wildman–Crippen LogP) is 2.63. The van der Waals surface area contributed by atoms with E-state index in [0.717, 1.165) is 12.8 Å². The maximum absolute atomic E-state index is 11.9. The summed E-state index contributed by atoms with van der Waals surface area (Å²) in [6.45, 7) is 4.58. The molecule has 0 saturated carbocycles. The highest BCUT2D eigenvalue weighted by atomic mass is 79.9. The van der Waals surface area contributed by atoms with Crippen LogP contribution in [0.2, 0.25) is 0 Å². The number of hydrogen-bond acceptors (Lipinski definition) is 4. The molecule has 7 heteroatoms. The fraction of sp³-hybridized carbons (Fsp3) is 0.533. The van der Waals surface area contributed by atoms with E-state index in [1.165, 1.54) is 0 Å². The number of nitrogens with zero attached hydrogens (tertiary/aromatic N) is 1. The van der Waals surface area contributed by atoms with E-state index < -0.39 is 9.84 Å². The second-order valence-electron chi connectivity index (χ2n) is 5.32. The summed E-state index contributed by atoms with van der Waals surface area (Å²) in [5, 5.41) is 0. The molecule has 0 spiro atoms. The number of ether oxygens (including phenoxy) is 1. The molecule has 1 aromatic rings. The SMILES string of the molecule is CCS(=O)(=O)c1ccc(OC2CCN(C(C)=O)CC2)c(Br)c1. The van der Waals surface area contributed by atoms with Crippen LogP contribution in [0.1, 0.15) is 26.7 Å². The highest BCUT2D eigenvalue weighted by Crippen LogP contribution is 2.30. The summed E-state index contributed by atoms with van der Waals surface area (Å²) >= 11 is 3.38. The van der Waals surface area contributed by atoms with E-state index in [1.807, 2.05) is 4.90 Å². The zero-order valence-corrected chi connectivity index (χ0v) is 15.1. The second-order valence-corrected chi connectivity index (χ2v) is 8.45. The van der Waals surface area contributed by atoms with Gasteiger partial charge in [0.25, 0.3) is 0 Å². The van der Waals surface area contributed by atoms with Gasteiger partial charge in [-0.2, -0.15) is 0 Å². The van der Waals surface area contributed by atoms with E-state index in [-0.39, 0.29) is 17.8 Å². The number of piperidine rings is 1. The molecule has 122 valence electrons. The lowest BCUT2D eigenvalue weighted by molar-refractivity contribution is -0.130. The molecule has 0 unspecified atom stereocenters. The first-order valence-electron chi connectivity index (χ1n) is 7.28. The van der Waals surface area contributed by atoms with E-state index in [0.29, 0.717) is 28.2 Å². The zero-order chi connectivity index (χ0) is 16.3. The minimum atomic E-state index is -3.22.